The number of aromatic carboxylic acids is 1. The first kappa shape index (κ1) is 15.3. The number of hydrogen-bond donors (Lipinski definition) is 1. The number of fused-ring (bicyclic) bond motifs is 1. The number of halogens is 1. The van der Waals surface area contributed by atoms with Crippen LogP contribution in [0.25, 0.3) is 22.2 Å². The zero-order valence-electron chi connectivity index (χ0n) is 12.6. The number of rotatable bonds is 3. The van der Waals surface area contributed by atoms with Gasteiger partial charge >= 0.3 is 5.97 Å². The van der Waals surface area contributed by atoms with Crippen LogP contribution in [0.1, 0.15) is 15.9 Å². The molecule has 0 amide bonds. The quantitative estimate of drug-likeness (QED) is 0.765. The van der Waals surface area contributed by atoms with E-state index in [0.717, 1.165) is 16.9 Å². The van der Waals surface area contributed by atoms with Gasteiger partial charge in [-0.05, 0) is 55.0 Å². The van der Waals surface area contributed by atoms with Crippen molar-refractivity contribution in [2.45, 2.75) is 6.92 Å². The van der Waals surface area contributed by atoms with Crippen molar-refractivity contribution in [3.8, 4) is 17.0 Å². The highest BCUT2D eigenvalue weighted by molar-refractivity contribution is 6.31. The lowest BCUT2D eigenvalue weighted by molar-refractivity contribution is 0.0699. The summed E-state index contributed by atoms with van der Waals surface area (Å²) in [5.41, 5.74) is 3.09. The first-order valence-corrected chi connectivity index (χ1v) is 7.36. The third kappa shape index (κ3) is 2.85. The van der Waals surface area contributed by atoms with Crippen LogP contribution in [0, 0.1) is 6.92 Å². The van der Waals surface area contributed by atoms with Gasteiger partial charge in [-0.2, -0.15) is 0 Å². The summed E-state index contributed by atoms with van der Waals surface area (Å²) < 4.78 is 5.14. The Morgan fingerprint density at radius 2 is 1.87 bits per heavy atom. The monoisotopic (exact) mass is 327 g/mol. The van der Waals surface area contributed by atoms with Crippen molar-refractivity contribution in [2.24, 2.45) is 0 Å². The molecule has 0 atom stereocenters. The molecule has 0 aliphatic rings. The van der Waals surface area contributed by atoms with E-state index in [1.165, 1.54) is 0 Å². The molecule has 1 heterocycles. The summed E-state index contributed by atoms with van der Waals surface area (Å²) in [4.78, 5) is 16.3. The molecule has 1 aromatic heterocycles. The summed E-state index contributed by atoms with van der Waals surface area (Å²) in [6.07, 6.45) is 0. The van der Waals surface area contributed by atoms with Crippen LogP contribution in [0.15, 0.2) is 42.5 Å². The van der Waals surface area contributed by atoms with Crippen molar-refractivity contribution >= 4 is 28.5 Å². The molecule has 23 heavy (non-hydrogen) atoms. The maximum Gasteiger partial charge on any atom is 0.336 e. The van der Waals surface area contributed by atoms with Gasteiger partial charge in [0.15, 0.2) is 0 Å². The van der Waals surface area contributed by atoms with E-state index in [0.29, 0.717) is 21.6 Å². The molecule has 0 aliphatic heterocycles. The van der Waals surface area contributed by atoms with Crippen molar-refractivity contribution in [1.29, 1.82) is 0 Å². The molecule has 0 bridgehead atoms. The Bertz CT molecular complexity index is 904. The largest absolute Gasteiger partial charge is 0.497 e. The summed E-state index contributed by atoms with van der Waals surface area (Å²) in [5.74, 6) is -0.273. The molecule has 0 fully saturated rings. The lowest BCUT2D eigenvalue weighted by atomic mass is 10.0. The fraction of sp³-hybridized carbons (Fsp3) is 0.111. The molecule has 0 saturated heterocycles. The minimum absolute atomic E-state index is 0.186. The highest BCUT2D eigenvalue weighted by Gasteiger charge is 2.15. The van der Waals surface area contributed by atoms with Crippen LogP contribution in [0.3, 0.4) is 0 Å². The van der Waals surface area contributed by atoms with Crippen LogP contribution >= 0.6 is 11.6 Å². The van der Waals surface area contributed by atoms with Crippen LogP contribution in [-0.2, 0) is 0 Å². The lowest BCUT2D eigenvalue weighted by Crippen LogP contribution is -2.01. The predicted molar refractivity (Wildman–Crippen MR) is 90.4 cm³/mol. The number of nitrogens with zero attached hydrogens (tertiary/aromatic N) is 1. The highest BCUT2D eigenvalue weighted by Crippen LogP contribution is 2.30. The van der Waals surface area contributed by atoms with Crippen molar-refractivity contribution in [2.75, 3.05) is 7.11 Å². The zero-order valence-corrected chi connectivity index (χ0v) is 13.4. The summed E-state index contributed by atoms with van der Waals surface area (Å²) >= 11 is 6.06. The Morgan fingerprint density at radius 1 is 1.17 bits per heavy atom. The second-order valence-electron chi connectivity index (χ2n) is 5.21. The molecule has 3 aromatic rings. The van der Waals surface area contributed by atoms with Crippen LogP contribution in [0.4, 0.5) is 0 Å². The number of pyridine rings is 1. The number of benzene rings is 2. The van der Waals surface area contributed by atoms with Gasteiger partial charge in [-0.15, -0.1) is 0 Å². The fourth-order valence-electron chi connectivity index (χ4n) is 2.54. The average molecular weight is 328 g/mol. The van der Waals surface area contributed by atoms with E-state index in [-0.39, 0.29) is 5.56 Å². The normalized spacial score (nSPS) is 10.7. The topological polar surface area (TPSA) is 59.4 Å². The van der Waals surface area contributed by atoms with Gasteiger partial charge in [-0.1, -0.05) is 11.6 Å². The van der Waals surface area contributed by atoms with Gasteiger partial charge < -0.3 is 9.84 Å². The van der Waals surface area contributed by atoms with Gasteiger partial charge in [-0.3, -0.25) is 0 Å². The standard InChI is InChI=1S/C18H14ClNO3/c1-10-7-12(19)8-14-15(18(21)22)9-16(20-17(10)14)11-3-5-13(23-2)6-4-11/h3-9H,1-2H3,(H,21,22). The Labute approximate surface area is 138 Å². The Morgan fingerprint density at radius 3 is 2.48 bits per heavy atom. The van der Waals surface area contributed by atoms with Crippen molar-refractivity contribution < 1.29 is 14.6 Å². The number of carbonyl (C=O) groups is 1. The zero-order chi connectivity index (χ0) is 16.6. The first-order valence-electron chi connectivity index (χ1n) is 6.98. The average Bonchev–Trinajstić information content (AvgIpc) is 2.54. The van der Waals surface area contributed by atoms with Gasteiger partial charge in [0.1, 0.15) is 5.75 Å². The Hall–Kier alpha value is -2.59. The van der Waals surface area contributed by atoms with E-state index in [1.807, 2.05) is 31.2 Å². The van der Waals surface area contributed by atoms with Gasteiger partial charge in [0.25, 0.3) is 0 Å². The Kier molecular flexibility index (Phi) is 3.92. The third-order valence-electron chi connectivity index (χ3n) is 3.68. The van der Waals surface area contributed by atoms with E-state index in [1.54, 1.807) is 25.3 Å². The second-order valence-corrected chi connectivity index (χ2v) is 5.64. The van der Waals surface area contributed by atoms with E-state index in [9.17, 15) is 9.90 Å². The molecule has 1 N–H and O–H groups in total. The van der Waals surface area contributed by atoms with Crippen LogP contribution < -0.4 is 4.74 Å². The van der Waals surface area contributed by atoms with Crippen molar-refractivity contribution in [1.82, 2.24) is 4.98 Å². The molecule has 116 valence electrons. The number of aryl methyl sites for hydroxylation is 1. The van der Waals surface area contributed by atoms with Gasteiger partial charge in [0, 0.05) is 16.0 Å². The summed E-state index contributed by atoms with van der Waals surface area (Å²) in [5, 5.41) is 10.6. The van der Waals surface area contributed by atoms with E-state index < -0.39 is 5.97 Å². The maximum absolute atomic E-state index is 11.6. The summed E-state index contributed by atoms with van der Waals surface area (Å²) in [6.45, 7) is 1.87. The number of aromatic nitrogens is 1. The van der Waals surface area contributed by atoms with Crippen LogP contribution in [-0.4, -0.2) is 23.2 Å². The molecule has 0 radical (unpaired) electrons. The maximum atomic E-state index is 11.6. The van der Waals surface area contributed by atoms with E-state index in [4.69, 9.17) is 16.3 Å². The number of carboxylic acid groups (broad SMARTS) is 1. The predicted octanol–water partition coefficient (Wildman–Crippen LogP) is 4.57. The molecule has 4 nitrogen and oxygen atoms in total. The molecule has 0 unspecified atom stereocenters. The van der Waals surface area contributed by atoms with Crippen molar-refractivity contribution in [3.05, 3.63) is 58.6 Å². The molecular formula is C18H14ClNO3. The minimum atomic E-state index is -1.01. The SMILES string of the molecule is COc1ccc(-c2cc(C(=O)O)c3cc(Cl)cc(C)c3n2)cc1. The Balaban J connectivity index is 2.27. The van der Waals surface area contributed by atoms with E-state index in [2.05, 4.69) is 4.98 Å². The molecule has 0 saturated carbocycles. The molecule has 0 aliphatic carbocycles. The lowest BCUT2D eigenvalue weighted by Gasteiger charge is -2.10. The highest BCUT2D eigenvalue weighted by atomic mass is 35.5. The first-order chi connectivity index (χ1) is 11.0. The molecule has 3 rings (SSSR count). The number of ether oxygens (including phenoxy) is 1. The number of hydrogen-bond acceptors (Lipinski definition) is 3. The summed E-state index contributed by atoms with van der Waals surface area (Å²) in [7, 11) is 1.60. The minimum Gasteiger partial charge on any atom is -0.497 e. The smallest absolute Gasteiger partial charge is 0.336 e. The number of carboxylic acids is 1. The summed E-state index contributed by atoms with van der Waals surface area (Å²) in [6, 6.07) is 12.3. The second kappa shape index (κ2) is 5.89. The number of methoxy groups -OCH3 is 1. The third-order valence-corrected chi connectivity index (χ3v) is 3.90. The fourth-order valence-corrected chi connectivity index (χ4v) is 2.82. The van der Waals surface area contributed by atoms with Gasteiger partial charge in [0.2, 0.25) is 0 Å². The molecule has 5 heteroatoms. The van der Waals surface area contributed by atoms with Gasteiger partial charge in [0.05, 0.1) is 23.9 Å². The van der Waals surface area contributed by atoms with E-state index >= 15 is 0 Å². The van der Waals surface area contributed by atoms with Crippen LogP contribution in [0.5, 0.6) is 5.75 Å². The van der Waals surface area contributed by atoms with Crippen molar-refractivity contribution in [3.63, 3.8) is 0 Å². The molecule has 0 spiro atoms. The molecular weight excluding hydrogens is 314 g/mol. The van der Waals surface area contributed by atoms with Gasteiger partial charge in [-0.25, -0.2) is 9.78 Å². The molecule has 2 aromatic carbocycles. The van der Waals surface area contributed by atoms with Crippen LogP contribution in [0.2, 0.25) is 5.02 Å².